The Balaban J connectivity index is 2.07. The maximum Gasteiger partial charge on any atom is 0.119 e. The number of hydrogen-bond acceptors (Lipinski definition) is 4. The molecule has 0 aliphatic rings. The summed E-state index contributed by atoms with van der Waals surface area (Å²) < 4.78 is 6.92. The summed E-state index contributed by atoms with van der Waals surface area (Å²) >= 11 is 0. The monoisotopic (exact) mass is 232 g/mol. The number of hydrogen-bond donors (Lipinski definition) is 1. The molecule has 0 saturated heterocycles. The Labute approximate surface area is 100 Å². The molecule has 0 bridgehead atoms. The van der Waals surface area contributed by atoms with E-state index >= 15 is 0 Å². The van der Waals surface area contributed by atoms with E-state index in [2.05, 4.69) is 15.6 Å². The predicted molar refractivity (Wildman–Crippen MR) is 66.1 cm³/mol. The van der Waals surface area contributed by atoms with E-state index in [9.17, 15) is 0 Å². The fourth-order valence-corrected chi connectivity index (χ4v) is 1.62. The molecule has 1 N–H and O–H groups in total. The van der Waals surface area contributed by atoms with E-state index in [1.54, 1.807) is 18.0 Å². The van der Waals surface area contributed by atoms with E-state index in [0.29, 0.717) is 6.54 Å². The van der Waals surface area contributed by atoms with Gasteiger partial charge in [0.05, 0.1) is 25.5 Å². The van der Waals surface area contributed by atoms with Crippen LogP contribution < -0.4 is 10.1 Å². The Morgan fingerprint density at radius 2 is 2.24 bits per heavy atom. The molecule has 17 heavy (non-hydrogen) atoms. The Morgan fingerprint density at radius 3 is 2.82 bits per heavy atom. The standard InChI is InChI=1S/C12H16N4O/c1-9-6-11(17-3)4-5-12(9)13-7-10-8-14-15-16(10)2/h4-6,8,13H,7H2,1-3H3. The molecule has 0 amide bonds. The average Bonchev–Trinajstić information content (AvgIpc) is 2.73. The van der Waals surface area contributed by atoms with Crippen molar-refractivity contribution in [2.45, 2.75) is 13.5 Å². The first-order chi connectivity index (χ1) is 8.20. The van der Waals surface area contributed by atoms with Crippen LogP contribution >= 0.6 is 0 Å². The molecule has 0 aliphatic heterocycles. The molecule has 0 fully saturated rings. The molecular formula is C12H16N4O. The van der Waals surface area contributed by atoms with Gasteiger partial charge in [-0.05, 0) is 30.7 Å². The van der Waals surface area contributed by atoms with Gasteiger partial charge in [-0.2, -0.15) is 0 Å². The molecule has 2 rings (SSSR count). The summed E-state index contributed by atoms with van der Waals surface area (Å²) in [6.45, 7) is 2.75. The maximum absolute atomic E-state index is 5.17. The number of nitrogens with zero attached hydrogens (tertiary/aromatic N) is 3. The van der Waals surface area contributed by atoms with Gasteiger partial charge in [-0.3, -0.25) is 4.68 Å². The SMILES string of the molecule is COc1ccc(NCc2cnnn2C)c(C)c1. The third-order valence-corrected chi connectivity index (χ3v) is 2.70. The van der Waals surface area contributed by atoms with E-state index < -0.39 is 0 Å². The molecule has 1 heterocycles. The van der Waals surface area contributed by atoms with Gasteiger partial charge in [0, 0.05) is 12.7 Å². The number of anilines is 1. The van der Waals surface area contributed by atoms with Gasteiger partial charge in [-0.1, -0.05) is 5.21 Å². The summed E-state index contributed by atoms with van der Waals surface area (Å²) in [7, 11) is 3.55. The molecule has 0 spiro atoms. The lowest BCUT2D eigenvalue weighted by Crippen LogP contribution is -2.06. The van der Waals surface area contributed by atoms with E-state index in [4.69, 9.17) is 4.74 Å². The first-order valence-corrected chi connectivity index (χ1v) is 5.43. The molecule has 0 aliphatic carbocycles. The van der Waals surface area contributed by atoms with Crippen LogP contribution in [0.2, 0.25) is 0 Å². The van der Waals surface area contributed by atoms with Crippen LogP contribution in [0.5, 0.6) is 5.75 Å². The first kappa shape index (κ1) is 11.4. The van der Waals surface area contributed by atoms with Crippen molar-refractivity contribution >= 4 is 5.69 Å². The van der Waals surface area contributed by atoms with Gasteiger partial charge >= 0.3 is 0 Å². The normalized spacial score (nSPS) is 10.3. The third kappa shape index (κ3) is 2.55. The predicted octanol–water partition coefficient (Wildman–Crippen LogP) is 1.74. The van der Waals surface area contributed by atoms with Crippen molar-refractivity contribution in [3.8, 4) is 5.75 Å². The molecule has 5 nitrogen and oxygen atoms in total. The van der Waals surface area contributed by atoms with Crippen LogP contribution in [0.1, 0.15) is 11.3 Å². The van der Waals surface area contributed by atoms with Gasteiger partial charge in [0.2, 0.25) is 0 Å². The van der Waals surface area contributed by atoms with Crippen molar-refractivity contribution in [3.63, 3.8) is 0 Å². The maximum atomic E-state index is 5.17. The Bertz CT molecular complexity index is 507. The number of rotatable bonds is 4. The quantitative estimate of drug-likeness (QED) is 0.872. The number of methoxy groups -OCH3 is 1. The number of aryl methyl sites for hydroxylation is 2. The molecule has 0 atom stereocenters. The van der Waals surface area contributed by atoms with E-state index in [1.807, 2.05) is 32.2 Å². The zero-order valence-corrected chi connectivity index (χ0v) is 10.3. The van der Waals surface area contributed by atoms with Crippen molar-refractivity contribution in [1.29, 1.82) is 0 Å². The minimum Gasteiger partial charge on any atom is -0.497 e. The Morgan fingerprint density at radius 1 is 1.41 bits per heavy atom. The molecule has 0 unspecified atom stereocenters. The lowest BCUT2D eigenvalue weighted by molar-refractivity contribution is 0.414. The van der Waals surface area contributed by atoms with Gasteiger partial charge in [-0.25, -0.2) is 0 Å². The van der Waals surface area contributed by atoms with Gasteiger partial charge in [0.15, 0.2) is 0 Å². The van der Waals surface area contributed by atoms with E-state index in [0.717, 1.165) is 22.7 Å². The zero-order valence-electron chi connectivity index (χ0n) is 10.3. The summed E-state index contributed by atoms with van der Waals surface area (Å²) in [5.74, 6) is 0.871. The minimum absolute atomic E-state index is 0.705. The zero-order chi connectivity index (χ0) is 12.3. The third-order valence-electron chi connectivity index (χ3n) is 2.70. The van der Waals surface area contributed by atoms with Crippen LogP contribution in [0.15, 0.2) is 24.4 Å². The summed E-state index contributed by atoms with van der Waals surface area (Å²) in [6, 6.07) is 5.96. The molecule has 1 aromatic carbocycles. The van der Waals surface area contributed by atoms with Crippen LogP contribution in [0.3, 0.4) is 0 Å². The number of ether oxygens (including phenoxy) is 1. The van der Waals surface area contributed by atoms with Crippen LogP contribution in [0.25, 0.3) is 0 Å². The number of aromatic nitrogens is 3. The number of benzene rings is 1. The highest BCUT2D eigenvalue weighted by molar-refractivity contribution is 5.53. The van der Waals surface area contributed by atoms with Gasteiger partial charge in [0.1, 0.15) is 5.75 Å². The van der Waals surface area contributed by atoms with Crippen LogP contribution in [-0.2, 0) is 13.6 Å². The van der Waals surface area contributed by atoms with E-state index in [-0.39, 0.29) is 0 Å². The summed E-state index contributed by atoms with van der Waals surface area (Å²) in [6.07, 6.45) is 1.76. The largest absolute Gasteiger partial charge is 0.497 e. The summed E-state index contributed by atoms with van der Waals surface area (Å²) in [5, 5.41) is 11.1. The first-order valence-electron chi connectivity index (χ1n) is 5.43. The van der Waals surface area contributed by atoms with Crippen LogP contribution in [0, 0.1) is 6.92 Å². The van der Waals surface area contributed by atoms with Gasteiger partial charge in [0.25, 0.3) is 0 Å². The molecular weight excluding hydrogens is 216 g/mol. The fourth-order valence-electron chi connectivity index (χ4n) is 1.62. The minimum atomic E-state index is 0.705. The average molecular weight is 232 g/mol. The molecule has 5 heteroatoms. The van der Waals surface area contributed by atoms with Crippen molar-refractivity contribution < 1.29 is 4.74 Å². The van der Waals surface area contributed by atoms with Crippen LogP contribution in [-0.4, -0.2) is 22.1 Å². The second-order valence-electron chi connectivity index (χ2n) is 3.88. The molecule has 90 valence electrons. The van der Waals surface area contributed by atoms with Crippen molar-refractivity contribution in [2.24, 2.45) is 7.05 Å². The highest BCUT2D eigenvalue weighted by Crippen LogP contribution is 2.21. The molecule has 0 radical (unpaired) electrons. The van der Waals surface area contributed by atoms with Crippen molar-refractivity contribution in [1.82, 2.24) is 15.0 Å². The molecule has 2 aromatic rings. The highest BCUT2D eigenvalue weighted by Gasteiger charge is 2.02. The topological polar surface area (TPSA) is 52.0 Å². The van der Waals surface area contributed by atoms with Crippen molar-refractivity contribution in [3.05, 3.63) is 35.7 Å². The lowest BCUT2D eigenvalue weighted by Gasteiger charge is -2.10. The highest BCUT2D eigenvalue weighted by atomic mass is 16.5. The smallest absolute Gasteiger partial charge is 0.119 e. The van der Waals surface area contributed by atoms with Crippen molar-refractivity contribution in [2.75, 3.05) is 12.4 Å². The van der Waals surface area contributed by atoms with Gasteiger partial charge < -0.3 is 10.1 Å². The molecule has 1 aromatic heterocycles. The number of nitrogens with one attached hydrogen (secondary N) is 1. The Hall–Kier alpha value is -2.04. The van der Waals surface area contributed by atoms with Crippen LogP contribution in [0.4, 0.5) is 5.69 Å². The summed E-state index contributed by atoms with van der Waals surface area (Å²) in [4.78, 5) is 0. The lowest BCUT2D eigenvalue weighted by atomic mass is 10.2. The van der Waals surface area contributed by atoms with Gasteiger partial charge in [-0.15, -0.1) is 5.10 Å². The Kier molecular flexibility index (Phi) is 3.27. The van der Waals surface area contributed by atoms with E-state index in [1.165, 1.54) is 0 Å². The second kappa shape index (κ2) is 4.86. The fraction of sp³-hybridized carbons (Fsp3) is 0.333. The summed E-state index contributed by atoms with van der Waals surface area (Å²) in [5.41, 5.74) is 3.28. The second-order valence-corrected chi connectivity index (χ2v) is 3.88. The molecule has 0 saturated carbocycles.